The lowest BCUT2D eigenvalue weighted by Crippen LogP contribution is -2.46. The highest BCUT2D eigenvalue weighted by molar-refractivity contribution is 5.94. The number of hydrogen-bond donors (Lipinski definition) is 1. The molecule has 0 atom stereocenters. The predicted molar refractivity (Wildman–Crippen MR) is 71.3 cm³/mol. The fourth-order valence-corrected chi connectivity index (χ4v) is 1.83. The van der Waals surface area contributed by atoms with Crippen molar-refractivity contribution in [3.8, 4) is 0 Å². The molecule has 0 radical (unpaired) electrons. The van der Waals surface area contributed by atoms with Gasteiger partial charge >= 0.3 is 0 Å². The molecular formula is C14H22N2O. The van der Waals surface area contributed by atoms with E-state index >= 15 is 0 Å². The van der Waals surface area contributed by atoms with Crippen molar-refractivity contribution < 1.29 is 4.79 Å². The summed E-state index contributed by atoms with van der Waals surface area (Å²) in [7, 11) is 0. The second-order valence-electron chi connectivity index (χ2n) is 3.91. The maximum atomic E-state index is 12.1. The average Bonchev–Trinajstić information content (AvgIpc) is 2.41. The van der Waals surface area contributed by atoms with Crippen LogP contribution in [0.5, 0.6) is 0 Å². The van der Waals surface area contributed by atoms with Gasteiger partial charge in [-0.3, -0.25) is 4.79 Å². The number of aryl methyl sites for hydroxylation is 1. The zero-order valence-electron chi connectivity index (χ0n) is 11.0. The lowest BCUT2D eigenvalue weighted by Gasteiger charge is -2.27. The van der Waals surface area contributed by atoms with Gasteiger partial charge < -0.3 is 10.2 Å². The molecule has 1 N–H and O–H groups in total. The van der Waals surface area contributed by atoms with Gasteiger partial charge in [0.2, 0.25) is 0 Å². The maximum absolute atomic E-state index is 12.1. The third kappa shape index (κ3) is 3.86. The summed E-state index contributed by atoms with van der Waals surface area (Å²) in [5, 5.41) is 3.24. The van der Waals surface area contributed by atoms with Gasteiger partial charge in [0.25, 0.3) is 5.91 Å². The summed E-state index contributed by atoms with van der Waals surface area (Å²) in [5.74, 6) is 0.153. The molecule has 17 heavy (non-hydrogen) atoms. The van der Waals surface area contributed by atoms with Crippen molar-refractivity contribution >= 4 is 5.91 Å². The molecule has 0 aromatic heterocycles. The van der Waals surface area contributed by atoms with Gasteiger partial charge in [-0.25, -0.2) is 0 Å². The molecule has 1 heterocycles. The van der Waals surface area contributed by atoms with Crippen LogP contribution in [0.25, 0.3) is 0 Å². The molecule has 3 nitrogen and oxygen atoms in total. The van der Waals surface area contributed by atoms with Crippen LogP contribution in [0.2, 0.25) is 0 Å². The van der Waals surface area contributed by atoms with E-state index in [4.69, 9.17) is 0 Å². The van der Waals surface area contributed by atoms with Gasteiger partial charge in [0.05, 0.1) is 0 Å². The van der Waals surface area contributed by atoms with Crippen LogP contribution in [-0.2, 0) is 0 Å². The van der Waals surface area contributed by atoms with Crippen molar-refractivity contribution in [3.05, 3.63) is 35.4 Å². The van der Waals surface area contributed by atoms with E-state index in [1.165, 1.54) is 0 Å². The third-order valence-corrected chi connectivity index (χ3v) is 2.67. The van der Waals surface area contributed by atoms with Gasteiger partial charge in [-0.05, 0) is 19.1 Å². The van der Waals surface area contributed by atoms with E-state index in [9.17, 15) is 4.79 Å². The SMILES string of the molecule is CC.Cc1cccc(C(=O)N2CCNCC2)c1. The van der Waals surface area contributed by atoms with Crippen molar-refractivity contribution in [1.82, 2.24) is 10.2 Å². The molecule has 1 aromatic carbocycles. The molecule has 1 fully saturated rings. The molecule has 1 saturated heterocycles. The molecule has 0 unspecified atom stereocenters. The minimum atomic E-state index is 0.153. The predicted octanol–water partition coefficient (Wildman–Crippen LogP) is 2.07. The monoisotopic (exact) mass is 234 g/mol. The Balaban J connectivity index is 0.000000686. The Labute approximate surface area is 104 Å². The minimum Gasteiger partial charge on any atom is -0.336 e. The van der Waals surface area contributed by atoms with Crippen LogP contribution in [0, 0.1) is 6.92 Å². The van der Waals surface area contributed by atoms with Crippen molar-refractivity contribution in [2.45, 2.75) is 20.8 Å². The number of nitrogens with one attached hydrogen (secondary N) is 1. The van der Waals surface area contributed by atoms with Crippen LogP contribution < -0.4 is 5.32 Å². The van der Waals surface area contributed by atoms with Gasteiger partial charge in [-0.15, -0.1) is 0 Å². The number of hydrogen-bond acceptors (Lipinski definition) is 2. The Hall–Kier alpha value is -1.35. The molecule has 0 bridgehead atoms. The Morgan fingerprint density at radius 3 is 2.47 bits per heavy atom. The number of rotatable bonds is 1. The van der Waals surface area contributed by atoms with Crippen molar-refractivity contribution in [2.75, 3.05) is 26.2 Å². The number of carbonyl (C=O) groups is 1. The minimum absolute atomic E-state index is 0.153. The third-order valence-electron chi connectivity index (χ3n) is 2.67. The Morgan fingerprint density at radius 2 is 1.88 bits per heavy atom. The van der Waals surface area contributed by atoms with Gasteiger partial charge in [0.1, 0.15) is 0 Å². The molecule has 1 amide bonds. The first-order chi connectivity index (χ1) is 8.27. The van der Waals surface area contributed by atoms with Crippen LogP contribution in [-0.4, -0.2) is 37.0 Å². The molecule has 1 aliphatic rings. The molecule has 1 aromatic rings. The number of benzene rings is 1. The van der Waals surface area contributed by atoms with Crippen LogP contribution >= 0.6 is 0 Å². The second kappa shape index (κ2) is 7.07. The summed E-state index contributed by atoms with van der Waals surface area (Å²) >= 11 is 0. The summed E-state index contributed by atoms with van der Waals surface area (Å²) < 4.78 is 0. The standard InChI is InChI=1S/C12H16N2O.C2H6/c1-10-3-2-4-11(9-10)12(15)14-7-5-13-6-8-14;1-2/h2-4,9,13H,5-8H2,1H3;1-2H3. The summed E-state index contributed by atoms with van der Waals surface area (Å²) in [6.45, 7) is 9.43. The molecule has 0 saturated carbocycles. The molecular weight excluding hydrogens is 212 g/mol. The lowest BCUT2D eigenvalue weighted by atomic mass is 10.1. The first-order valence-corrected chi connectivity index (χ1v) is 6.34. The molecule has 1 aliphatic heterocycles. The highest BCUT2D eigenvalue weighted by Crippen LogP contribution is 2.08. The summed E-state index contributed by atoms with van der Waals surface area (Å²) in [6.07, 6.45) is 0. The van der Waals surface area contributed by atoms with Crippen molar-refractivity contribution in [1.29, 1.82) is 0 Å². The summed E-state index contributed by atoms with van der Waals surface area (Å²) in [5.41, 5.74) is 1.94. The van der Waals surface area contributed by atoms with Crippen molar-refractivity contribution in [3.63, 3.8) is 0 Å². The summed E-state index contributed by atoms with van der Waals surface area (Å²) in [6, 6.07) is 7.78. The van der Waals surface area contributed by atoms with Gasteiger partial charge in [0, 0.05) is 31.7 Å². The second-order valence-corrected chi connectivity index (χ2v) is 3.91. The first-order valence-electron chi connectivity index (χ1n) is 6.34. The van der Waals surface area contributed by atoms with E-state index in [1.54, 1.807) is 0 Å². The Kier molecular flexibility index (Phi) is 5.70. The molecule has 94 valence electrons. The molecule has 3 heteroatoms. The molecule has 2 rings (SSSR count). The van der Waals surface area contributed by atoms with Gasteiger partial charge in [0.15, 0.2) is 0 Å². The lowest BCUT2D eigenvalue weighted by molar-refractivity contribution is 0.0735. The van der Waals surface area contributed by atoms with E-state index in [0.717, 1.165) is 37.3 Å². The smallest absolute Gasteiger partial charge is 0.253 e. The van der Waals surface area contributed by atoms with Crippen LogP contribution in [0.15, 0.2) is 24.3 Å². The van der Waals surface area contributed by atoms with Crippen LogP contribution in [0.3, 0.4) is 0 Å². The van der Waals surface area contributed by atoms with Gasteiger partial charge in [-0.2, -0.15) is 0 Å². The maximum Gasteiger partial charge on any atom is 0.253 e. The Morgan fingerprint density at radius 1 is 1.24 bits per heavy atom. The highest BCUT2D eigenvalue weighted by Gasteiger charge is 2.17. The van der Waals surface area contributed by atoms with E-state index in [-0.39, 0.29) is 5.91 Å². The van der Waals surface area contributed by atoms with Crippen molar-refractivity contribution in [2.24, 2.45) is 0 Å². The van der Waals surface area contributed by atoms with Crippen LogP contribution in [0.4, 0.5) is 0 Å². The average molecular weight is 234 g/mol. The summed E-state index contributed by atoms with van der Waals surface area (Å²) in [4.78, 5) is 14.0. The van der Waals surface area contributed by atoms with E-state index in [1.807, 2.05) is 49.9 Å². The number of piperazine rings is 1. The zero-order valence-corrected chi connectivity index (χ0v) is 11.0. The number of amides is 1. The normalized spacial score (nSPS) is 14.9. The largest absolute Gasteiger partial charge is 0.336 e. The topological polar surface area (TPSA) is 32.3 Å². The quantitative estimate of drug-likeness (QED) is 0.806. The van der Waals surface area contributed by atoms with Crippen LogP contribution in [0.1, 0.15) is 29.8 Å². The molecule has 0 spiro atoms. The number of carbonyl (C=O) groups excluding carboxylic acids is 1. The fraction of sp³-hybridized carbons (Fsp3) is 0.500. The van der Waals surface area contributed by atoms with Gasteiger partial charge in [-0.1, -0.05) is 31.5 Å². The van der Waals surface area contributed by atoms with E-state index in [2.05, 4.69) is 5.32 Å². The van der Waals surface area contributed by atoms with E-state index in [0.29, 0.717) is 0 Å². The molecule has 0 aliphatic carbocycles. The first kappa shape index (κ1) is 13.7. The highest BCUT2D eigenvalue weighted by atomic mass is 16.2. The Bertz CT molecular complexity index is 357. The van der Waals surface area contributed by atoms with E-state index < -0.39 is 0 Å². The number of nitrogens with zero attached hydrogens (tertiary/aromatic N) is 1. The zero-order chi connectivity index (χ0) is 12.7. The fourth-order valence-electron chi connectivity index (χ4n) is 1.83.